The van der Waals surface area contributed by atoms with Crippen molar-refractivity contribution in [2.24, 2.45) is 0 Å². The minimum Gasteiger partial charge on any atom is -0.348 e. The van der Waals surface area contributed by atoms with Crippen molar-refractivity contribution in [3.05, 3.63) is 35.4 Å². The zero-order valence-corrected chi connectivity index (χ0v) is 13.5. The highest BCUT2D eigenvalue weighted by atomic mass is 19.4. The maximum atomic E-state index is 12.3. The molecule has 1 amide bonds. The zero-order chi connectivity index (χ0) is 17.0. The molecule has 2 atom stereocenters. The van der Waals surface area contributed by atoms with Crippen LogP contribution in [-0.4, -0.2) is 43.2 Å². The van der Waals surface area contributed by atoms with Crippen molar-refractivity contribution in [1.82, 2.24) is 10.2 Å². The minimum absolute atomic E-state index is 0.0844. The third kappa shape index (κ3) is 5.23. The summed E-state index contributed by atoms with van der Waals surface area (Å²) in [6.45, 7) is 0. The summed E-state index contributed by atoms with van der Waals surface area (Å²) in [4.78, 5) is 14.4. The third-order valence-corrected chi connectivity index (χ3v) is 4.33. The number of hydrogen-bond acceptors (Lipinski definition) is 2. The van der Waals surface area contributed by atoms with Crippen LogP contribution in [0.25, 0.3) is 0 Å². The monoisotopic (exact) mass is 328 g/mol. The Morgan fingerprint density at radius 1 is 1.17 bits per heavy atom. The molecule has 23 heavy (non-hydrogen) atoms. The van der Waals surface area contributed by atoms with Crippen LogP contribution in [0.2, 0.25) is 0 Å². The standard InChI is InChI=1S/C17H23F3N2O/c1-22(2)15-6-4-3-5-14(15)21-16(23)13-9-7-12(8-10-13)11-17(18,19)20/h7-10,14-15H,3-6,11H2,1-2H3,(H,21,23). The second-order valence-corrected chi connectivity index (χ2v) is 6.38. The summed E-state index contributed by atoms with van der Waals surface area (Å²) in [5, 5.41) is 3.03. The van der Waals surface area contributed by atoms with Gasteiger partial charge in [0.1, 0.15) is 0 Å². The van der Waals surface area contributed by atoms with E-state index in [1.165, 1.54) is 24.3 Å². The summed E-state index contributed by atoms with van der Waals surface area (Å²) in [6.07, 6.45) is -0.991. The number of benzene rings is 1. The van der Waals surface area contributed by atoms with Crippen molar-refractivity contribution in [2.45, 2.75) is 50.4 Å². The molecule has 1 N–H and O–H groups in total. The summed E-state index contributed by atoms with van der Waals surface area (Å²) in [7, 11) is 4.00. The van der Waals surface area contributed by atoms with Gasteiger partial charge in [0.15, 0.2) is 0 Å². The molecular formula is C17H23F3N2O. The molecular weight excluding hydrogens is 305 g/mol. The first-order valence-corrected chi connectivity index (χ1v) is 7.89. The summed E-state index contributed by atoms with van der Waals surface area (Å²) in [5.74, 6) is -0.220. The zero-order valence-electron chi connectivity index (χ0n) is 13.5. The SMILES string of the molecule is CN(C)C1CCCCC1NC(=O)c1ccc(CC(F)(F)F)cc1. The lowest BCUT2D eigenvalue weighted by molar-refractivity contribution is -0.127. The van der Waals surface area contributed by atoms with E-state index < -0.39 is 12.6 Å². The van der Waals surface area contributed by atoms with Crippen LogP contribution in [0.1, 0.15) is 41.6 Å². The summed E-state index contributed by atoms with van der Waals surface area (Å²) < 4.78 is 37.0. The van der Waals surface area contributed by atoms with Gasteiger partial charge >= 0.3 is 6.18 Å². The first-order chi connectivity index (χ1) is 10.8. The Hall–Kier alpha value is -1.56. The Morgan fingerprint density at radius 3 is 2.35 bits per heavy atom. The molecule has 2 rings (SSSR count). The van der Waals surface area contributed by atoms with Gasteiger partial charge in [0.25, 0.3) is 5.91 Å². The molecule has 1 aliphatic carbocycles. The van der Waals surface area contributed by atoms with Crippen molar-refractivity contribution < 1.29 is 18.0 Å². The number of amides is 1. The van der Waals surface area contributed by atoms with Crippen LogP contribution in [0.3, 0.4) is 0 Å². The fourth-order valence-electron chi connectivity index (χ4n) is 3.15. The Labute approximate surface area is 134 Å². The molecule has 3 nitrogen and oxygen atoms in total. The van der Waals surface area contributed by atoms with Crippen LogP contribution < -0.4 is 5.32 Å². The van der Waals surface area contributed by atoms with Gasteiger partial charge in [-0.15, -0.1) is 0 Å². The molecule has 0 radical (unpaired) electrons. The van der Waals surface area contributed by atoms with Crippen molar-refractivity contribution in [3.8, 4) is 0 Å². The first-order valence-electron chi connectivity index (χ1n) is 7.89. The summed E-state index contributed by atoms with van der Waals surface area (Å²) >= 11 is 0. The van der Waals surface area contributed by atoms with E-state index >= 15 is 0 Å². The van der Waals surface area contributed by atoms with Crippen molar-refractivity contribution in [1.29, 1.82) is 0 Å². The van der Waals surface area contributed by atoms with E-state index in [1.54, 1.807) is 0 Å². The highest BCUT2D eigenvalue weighted by Crippen LogP contribution is 2.23. The summed E-state index contributed by atoms with van der Waals surface area (Å²) in [6, 6.07) is 6.05. The van der Waals surface area contributed by atoms with Gasteiger partial charge in [-0.05, 0) is 44.6 Å². The van der Waals surface area contributed by atoms with Crippen molar-refractivity contribution in [2.75, 3.05) is 14.1 Å². The molecule has 0 saturated heterocycles. The Balaban J connectivity index is 2.00. The van der Waals surface area contributed by atoms with E-state index in [9.17, 15) is 18.0 Å². The van der Waals surface area contributed by atoms with Gasteiger partial charge in [-0.3, -0.25) is 4.79 Å². The van der Waals surface area contributed by atoms with Crippen LogP contribution in [0.4, 0.5) is 13.2 Å². The fraction of sp³-hybridized carbons (Fsp3) is 0.588. The van der Waals surface area contributed by atoms with Gasteiger partial charge in [0.2, 0.25) is 0 Å². The molecule has 1 saturated carbocycles. The van der Waals surface area contributed by atoms with Gasteiger partial charge in [0.05, 0.1) is 6.42 Å². The average molecular weight is 328 g/mol. The molecule has 0 aliphatic heterocycles. The second kappa shape index (κ2) is 7.34. The number of rotatable bonds is 4. The number of nitrogens with zero attached hydrogens (tertiary/aromatic N) is 1. The quantitative estimate of drug-likeness (QED) is 0.919. The number of carbonyl (C=O) groups excluding carboxylic acids is 1. The van der Waals surface area contributed by atoms with Gasteiger partial charge in [-0.2, -0.15) is 13.2 Å². The molecule has 0 spiro atoms. The van der Waals surface area contributed by atoms with Crippen LogP contribution >= 0.6 is 0 Å². The number of likely N-dealkylation sites (N-methyl/N-ethyl adjacent to an activating group) is 1. The van der Waals surface area contributed by atoms with Crippen LogP contribution in [-0.2, 0) is 6.42 Å². The lowest BCUT2D eigenvalue weighted by Gasteiger charge is -2.36. The van der Waals surface area contributed by atoms with E-state index in [4.69, 9.17) is 0 Å². The molecule has 1 fully saturated rings. The van der Waals surface area contributed by atoms with E-state index in [0.29, 0.717) is 11.6 Å². The van der Waals surface area contributed by atoms with Gasteiger partial charge in [0, 0.05) is 17.6 Å². The molecule has 128 valence electrons. The number of alkyl halides is 3. The van der Waals surface area contributed by atoms with Gasteiger partial charge in [-0.25, -0.2) is 0 Å². The Bertz CT molecular complexity index is 526. The van der Waals surface area contributed by atoms with E-state index in [0.717, 1.165) is 25.7 Å². The first kappa shape index (κ1) is 17.8. The largest absolute Gasteiger partial charge is 0.393 e. The highest BCUT2D eigenvalue weighted by Gasteiger charge is 2.29. The van der Waals surface area contributed by atoms with E-state index in [-0.39, 0.29) is 17.5 Å². The lowest BCUT2D eigenvalue weighted by Crippen LogP contribution is -2.51. The second-order valence-electron chi connectivity index (χ2n) is 6.38. The van der Waals surface area contributed by atoms with Crippen LogP contribution in [0, 0.1) is 0 Å². The fourth-order valence-corrected chi connectivity index (χ4v) is 3.15. The number of halogens is 3. The van der Waals surface area contributed by atoms with Crippen molar-refractivity contribution >= 4 is 5.91 Å². The van der Waals surface area contributed by atoms with Crippen LogP contribution in [0.15, 0.2) is 24.3 Å². The van der Waals surface area contributed by atoms with Gasteiger partial charge in [-0.1, -0.05) is 25.0 Å². The summed E-state index contributed by atoms with van der Waals surface area (Å²) in [5.41, 5.74) is 0.567. The predicted octanol–water partition coefficient (Wildman–Crippen LogP) is 3.39. The molecule has 6 heteroatoms. The molecule has 1 aromatic carbocycles. The molecule has 0 heterocycles. The number of carbonyl (C=O) groups is 1. The molecule has 0 aromatic heterocycles. The highest BCUT2D eigenvalue weighted by molar-refractivity contribution is 5.94. The lowest BCUT2D eigenvalue weighted by atomic mass is 9.89. The van der Waals surface area contributed by atoms with Gasteiger partial charge < -0.3 is 10.2 Å². The normalized spacial score (nSPS) is 22.2. The molecule has 2 unspecified atom stereocenters. The van der Waals surface area contributed by atoms with E-state index in [1.807, 2.05) is 14.1 Å². The molecule has 1 aromatic rings. The maximum Gasteiger partial charge on any atom is 0.393 e. The average Bonchev–Trinajstić information content (AvgIpc) is 2.46. The predicted molar refractivity (Wildman–Crippen MR) is 83.4 cm³/mol. The van der Waals surface area contributed by atoms with Crippen molar-refractivity contribution in [3.63, 3.8) is 0 Å². The molecule has 1 aliphatic rings. The Kier molecular flexibility index (Phi) is 5.68. The third-order valence-electron chi connectivity index (χ3n) is 4.33. The number of hydrogen-bond donors (Lipinski definition) is 1. The number of nitrogens with one attached hydrogen (secondary N) is 1. The topological polar surface area (TPSA) is 32.3 Å². The molecule has 0 bridgehead atoms. The van der Waals surface area contributed by atoms with Crippen LogP contribution in [0.5, 0.6) is 0 Å². The maximum absolute atomic E-state index is 12.3. The van der Waals surface area contributed by atoms with E-state index in [2.05, 4.69) is 10.2 Å². The smallest absolute Gasteiger partial charge is 0.348 e. The Morgan fingerprint density at radius 2 is 1.78 bits per heavy atom. The minimum atomic E-state index is -4.23.